The maximum atomic E-state index is 9.79. The summed E-state index contributed by atoms with van der Waals surface area (Å²) in [7, 11) is 0. The van der Waals surface area contributed by atoms with Crippen LogP contribution in [0.15, 0.2) is 30.3 Å². The molecule has 3 heteroatoms. The number of aliphatic hydroxyl groups excluding tert-OH is 1. The summed E-state index contributed by atoms with van der Waals surface area (Å²) in [6.45, 7) is 1.42. The van der Waals surface area contributed by atoms with E-state index in [0.29, 0.717) is 13.0 Å². The average molecular weight is 274 g/mol. The predicted molar refractivity (Wildman–Crippen MR) is 78.1 cm³/mol. The van der Waals surface area contributed by atoms with Gasteiger partial charge >= 0.3 is 0 Å². The third kappa shape index (κ3) is 5.75. The van der Waals surface area contributed by atoms with Gasteiger partial charge in [-0.1, -0.05) is 30.0 Å². The van der Waals surface area contributed by atoms with E-state index < -0.39 is 6.10 Å². The molecule has 0 aliphatic carbocycles. The molecule has 20 heavy (non-hydrogen) atoms. The Morgan fingerprint density at radius 2 is 2.15 bits per heavy atom. The van der Waals surface area contributed by atoms with Gasteiger partial charge in [-0.2, -0.15) is 0 Å². The highest BCUT2D eigenvalue weighted by Crippen LogP contribution is 2.14. The molecule has 1 aliphatic rings. The molecule has 3 nitrogen and oxygen atoms in total. The van der Waals surface area contributed by atoms with Crippen molar-refractivity contribution in [3.05, 3.63) is 35.9 Å². The summed E-state index contributed by atoms with van der Waals surface area (Å²) in [6.07, 6.45) is 4.08. The van der Waals surface area contributed by atoms with Crippen LogP contribution in [0.4, 0.5) is 0 Å². The Morgan fingerprint density at radius 3 is 2.90 bits per heavy atom. The minimum Gasteiger partial charge on any atom is -0.380 e. The molecule has 0 aromatic heterocycles. The first-order valence-electron chi connectivity index (χ1n) is 7.32. The topological polar surface area (TPSA) is 38.7 Å². The molecular weight excluding hydrogens is 252 g/mol. The molecule has 1 aromatic carbocycles. The third-order valence-corrected chi connectivity index (χ3v) is 3.22. The van der Waals surface area contributed by atoms with Gasteiger partial charge < -0.3 is 14.6 Å². The zero-order chi connectivity index (χ0) is 14.0. The van der Waals surface area contributed by atoms with Crippen molar-refractivity contribution in [3.63, 3.8) is 0 Å². The van der Waals surface area contributed by atoms with Crippen LogP contribution in [-0.4, -0.2) is 30.7 Å². The van der Waals surface area contributed by atoms with Gasteiger partial charge in [-0.05, 0) is 44.2 Å². The van der Waals surface area contributed by atoms with Gasteiger partial charge in [-0.3, -0.25) is 0 Å². The second-order valence-corrected chi connectivity index (χ2v) is 4.96. The molecule has 1 aromatic rings. The van der Waals surface area contributed by atoms with Gasteiger partial charge in [0, 0.05) is 18.8 Å². The van der Waals surface area contributed by atoms with Crippen molar-refractivity contribution in [2.75, 3.05) is 13.2 Å². The maximum Gasteiger partial charge on any atom is 0.157 e. The van der Waals surface area contributed by atoms with E-state index in [1.54, 1.807) is 0 Å². The molecule has 2 unspecified atom stereocenters. The first-order valence-corrected chi connectivity index (χ1v) is 7.32. The normalized spacial score (nSPS) is 19.9. The van der Waals surface area contributed by atoms with Crippen LogP contribution in [0.25, 0.3) is 0 Å². The third-order valence-electron chi connectivity index (χ3n) is 3.22. The second kappa shape index (κ2) is 8.76. The molecule has 0 spiro atoms. The standard InChI is InChI=1S/C17H22O3/c18-16(12-11-15-7-2-1-3-8-15)9-6-14-20-17-10-4-5-13-19-17/h1-3,7-8,16-18H,4-6,9-10,13-14H2. The molecule has 1 fully saturated rings. The Labute approximate surface area is 120 Å². The van der Waals surface area contributed by atoms with E-state index in [9.17, 15) is 5.11 Å². The molecule has 108 valence electrons. The fourth-order valence-electron chi connectivity index (χ4n) is 2.09. The van der Waals surface area contributed by atoms with Crippen molar-refractivity contribution >= 4 is 0 Å². The van der Waals surface area contributed by atoms with Crippen molar-refractivity contribution < 1.29 is 14.6 Å². The van der Waals surface area contributed by atoms with Crippen LogP contribution in [0.1, 0.15) is 37.7 Å². The molecular formula is C17H22O3. The lowest BCUT2D eigenvalue weighted by Crippen LogP contribution is -2.22. The van der Waals surface area contributed by atoms with E-state index >= 15 is 0 Å². The summed E-state index contributed by atoms with van der Waals surface area (Å²) in [5.74, 6) is 5.83. The monoisotopic (exact) mass is 274 g/mol. The molecule has 0 amide bonds. The number of aliphatic hydroxyl groups is 1. The summed E-state index contributed by atoms with van der Waals surface area (Å²) >= 11 is 0. The lowest BCUT2D eigenvalue weighted by atomic mass is 10.1. The van der Waals surface area contributed by atoms with Gasteiger partial charge in [0.1, 0.15) is 6.10 Å². The van der Waals surface area contributed by atoms with Gasteiger partial charge in [0.2, 0.25) is 0 Å². The van der Waals surface area contributed by atoms with Crippen LogP contribution in [0.2, 0.25) is 0 Å². The van der Waals surface area contributed by atoms with E-state index in [1.165, 1.54) is 6.42 Å². The van der Waals surface area contributed by atoms with Crippen LogP contribution in [-0.2, 0) is 9.47 Å². The first kappa shape index (κ1) is 15.1. The highest BCUT2D eigenvalue weighted by molar-refractivity contribution is 5.34. The predicted octanol–water partition coefficient (Wildman–Crippen LogP) is 2.72. The van der Waals surface area contributed by atoms with E-state index in [2.05, 4.69) is 11.8 Å². The van der Waals surface area contributed by atoms with Gasteiger partial charge in [-0.15, -0.1) is 0 Å². The molecule has 2 atom stereocenters. The number of rotatable bonds is 5. The molecule has 1 heterocycles. The average Bonchev–Trinajstić information content (AvgIpc) is 2.52. The van der Waals surface area contributed by atoms with Crippen LogP contribution in [0, 0.1) is 11.8 Å². The van der Waals surface area contributed by atoms with Crippen molar-refractivity contribution in [1.29, 1.82) is 0 Å². The highest BCUT2D eigenvalue weighted by Gasteiger charge is 2.13. The number of benzene rings is 1. The van der Waals surface area contributed by atoms with Gasteiger partial charge in [-0.25, -0.2) is 0 Å². The Kier molecular flexibility index (Phi) is 6.59. The lowest BCUT2D eigenvalue weighted by molar-refractivity contribution is -0.163. The van der Waals surface area contributed by atoms with Gasteiger partial charge in [0.05, 0.1) is 0 Å². The van der Waals surface area contributed by atoms with Crippen molar-refractivity contribution in [2.45, 2.75) is 44.5 Å². The van der Waals surface area contributed by atoms with Crippen molar-refractivity contribution in [3.8, 4) is 11.8 Å². The first-order chi connectivity index (χ1) is 9.84. The van der Waals surface area contributed by atoms with E-state index in [4.69, 9.17) is 9.47 Å². The molecule has 0 saturated carbocycles. The van der Waals surface area contributed by atoms with Crippen LogP contribution in [0.5, 0.6) is 0 Å². The van der Waals surface area contributed by atoms with Crippen molar-refractivity contribution in [2.24, 2.45) is 0 Å². The van der Waals surface area contributed by atoms with Gasteiger partial charge in [0.25, 0.3) is 0 Å². The largest absolute Gasteiger partial charge is 0.380 e. The lowest BCUT2D eigenvalue weighted by Gasteiger charge is -2.22. The fourth-order valence-corrected chi connectivity index (χ4v) is 2.09. The molecule has 1 N–H and O–H groups in total. The van der Waals surface area contributed by atoms with E-state index in [-0.39, 0.29) is 6.29 Å². The summed E-state index contributed by atoms with van der Waals surface area (Å²) in [5, 5.41) is 9.79. The molecule has 1 aliphatic heterocycles. The number of hydrogen-bond acceptors (Lipinski definition) is 3. The SMILES string of the molecule is OC(C#Cc1ccccc1)CCCOC1CCCCO1. The Morgan fingerprint density at radius 1 is 1.30 bits per heavy atom. The zero-order valence-electron chi connectivity index (χ0n) is 11.8. The Bertz CT molecular complexity index is 427. The summed E-state index contributed by atoms with van der Waals surface area (Å²) in [6, 6.07) is 9.70. The Balaban J connectivity index is 1.60. The number of ether oxygens (including phenoxy) is 2. The number of hydrogen-bond donors (Lipinski definition) is 1. The van der Waals surface area contributed by atoms with Gasteiger partial charge in [0.15, 0.2) is 6.29 Å². The fraction of sp³-hybridized carbons (Fsp3) is 0.529. The van der Waals surface area contributed by atoms with E-state index in [1.807, 2.05) is 30.3 Å². The molecule has 2 rings (SSSR count). The quantitative estimate of drug-likeness (QED) is 0.663. The summed E-state index contributed by atoms with van der Waals surface area (Å²) in [5.41, 5.74) is 0.929. The minimum absolute atomic E-state index is 0.0451. The maximum absolute atomic E-state index is 9.79. The van der Waals surface area contributed by atoms with Crippen molar-refractivity contribution in [1.82, 2.24) is 0 Å². The summed E-state index contributed by atoms with van der Waals surface area (Å²) < 4.78 is 11.1. The molecule has 0 bridgehead atoms. The van der Waals surface area contributed by atoms with Crippen LogP contribution < -0.4 is 0 Å². The second-order valence-electron chi connectivity index (χ2n) is 4.96. The minimum atomic E-state index is -0.592. The zero-order valence-corrected chi connectivity index (χ0v) is 11.8. The smallest absolute Gasteiger partial charge is 0.157 e. The highest BCUT2D eigenvalue weighted by atomic mass is 16.7. The Hall–Kier alpha value is -1.34. The van der Waals surface area contributed by atoms with Crippen LogP contribution >= 0.6 is 0 Å². The van der Waals surface area contributed by atoms with E-state index in [0.717, 1.165) is 31.4 Å². The molecule has 1 saturated heterocycles. The summed E-state index contributed by atoms with van der Waals surface area (Å²) in [4.78, 5) is 0. The molecule has 0 radical (unpaired) electrons. The van der Waals surface area contributed by atoms with Crippen LogP contribution in [0.3, 0.4) is 0 Å².